The number of hydrogen-bond donors (Lipinski definition) is 3. The molecule has 5 N–H and O–H groups in total. The molecule has 1 saturated heterocycles. The smallest absolute Gasteiger partial charge is 0.276 e. The van der Waals surface area contributed by atoms with Crippen LogP contribution in [0.15, 0.2) is 52.3 Å². The van der Waals surface area contributed by atoms with Crippen LogP contribution in [-0.4, -0.2) is 47.1 Å². The number of aromatic nitrogens is 2. The number of aliphatic imine (C=N–C) groups is 1. The first-order valence-electron chi connectivity index (χ1n) is 12.0. The number of nitrogens with two attached hydrogens (primary N) is 2. The summed E-state index contributed by atoms with van der Waals surface area (Å²) in [4.78, 5) is 32.2. The number of hydrogen-bond acceptors (Lipinski definition) is 7. The number of carbonyl (C=O) groups is 1. The number of nitrogens with zero attached hydrogens (tertiary/aromatic N) is 4. The Hall–Kier alpha value is -4.12. The van der Waals surface area contributed by atoms with Gasteiger partial charge >= 0.3 is 0 Å². The average Bonchev–Trinajstić information content (AvgIpc) is 3.33. The monoisotopic (exact) mass is 509 g/mol. The summed E-state index contributed by atoms with van der Waals surface area (Å²) in [5.41, 5.74) is 13.0. The van der Waals surface area contributed by atoms with Crippen LogP contribution in [0.25, 0.3) is 5.69 Å². The lowest BCUT2D eigenvalue weighted by atomic mass is 10.1. The van der Waals surface area contributed by atoms with Gasteiger partial charge in [-0.25, -0.2) is 8.78 Å². The molecule has 9 nitrogen and oxygen atoms in total. The van der Waals surface area contributed by atoms with Crippen molar-refractivity contribution >= 4 is 29.2 Å². The van der Waals surface area contributed by atoms with Crippen molar-refractivity contribution in [3.8, 4) is 5.69 Å². The van der Waals surface area contributed by atoms with Gasteiger partial charge in [-0.1, -0.05) is 6.07 Å². The van der Waals surface area contributed by atoms with Gasteiger partial charge < -0.3 is 21.7 Å². The largest absolute Gasteiger partial charge is 0.398 e. The summed E-state index contributed by atoms with van der Waals surface area (Å²) in [5, 5.41) is 6.77. The summed E-state index contributed by atoms with van der Waals surface area (Å²) in [6.07, 6.45) is 3.50. The molecule has 1 aliphatic heterocycles. The van der Waals surface area contributed by atoms with Crippen molar-refractivity contribution < 1.29 is 13.6 Å². The first kappa shape index (κ1) is 26.0. The van der Waals surface area contributed by atoms with Crippen molar-refractivity contribution in [1.29, 1.82) is 0 Å². The van der Waals surface area contributed by atoms with E-state index >= 15 is 0 Å². The molecule has 11 heteroatoms. The molecule has 0 aliphatic carbocycles. The van der Waals surface area contributed by atoms with Crippen LogP contribution in [0.1, 0.15) is 42.7 Å². The topological polar surface area (TPSA) is 132 Å². The number of nitrogens with one attached hydrogen (secondary N) is 1. The minimum Gasteiger partial charge on any atom is -0.398 e. The standard InChI is InChI=1S/C26H29F2N7O2/c1-15(2)31-14-17-20(30)8-9-21(24(17)34-12-4-5-16(34)13-29)32-26(37)22-10-11-23(36)35(33-22)25-18(27)6-3-7-19(25)28/h3,6-11,14-16H,4-5,12-13,29-30H2,1-2H3,(H,32,37)/t16-/m1/s1. The van der Waals surface area contributed by atoms with Gasteiger partial charge in [0.25, 0.3) is 11.5 Å². The van der Waals surface area contributed by atoms with Crippen LogP contribution >= 0.6 is 0 Å². The predicted molar refractivity (Wildman–Crippen MR) is 141 cm³/mol. The first-order chi connectivity index (χ1) is 17.7. The van der Waals surface area contributed by atoms with Crippen molar-refractivity contribution in [2.45, 2.75) is 38.8 Å². The van der Waals surface area contributed by atoms with Gasteiger partial charge in [-0.05, 0) is 57.0 Å². The molecule has 1 atom stereocenters. The van der Waals surface area contributed by atoms with Crippen molar-refractivity contribution in [3.05, 3.63) is 75.7 Å². The highest BCUT2D eigenvalue weighted by Gasteiger charge is 2.29. The van der Waals surface area contributed by atoms with Crippen LogP contribution in [0.3, 0.4) is 0 Å². The van der Waals surface area contributed by atoms with E-state index in [0.717, 1.165) is 31.0 Å². The van der Waals surface area contributed by atoms with E-state index in [1.807, 2.05) is 13.8 Å². The number of para-hydroxylation sites is 1. The van der Waals surface area contributed by atoms with E-state index in [4.69, 9.17) is 11.5 Å². The fourth-order valence-electron chi connectivity index (χ4n) is 4.34. The lowest BCUT2D eigenvalue weighted by Gasteiger charge is -2.30. The quantitative estimate of drug-likeness (QED) is 0.331. The fourth-order valence-corrected chi connectivity index (χ4v) is 4.34. The third-order valence-electron chi connectivity index (χ3n) is 6.12. The summed E-state index contributed by atoms with van der Waals surface area (Å²) in [5.74, 6) is -2.64. The molecule has 37 heavy (non-hydrogen) atoms. The highest BCUT2D eigenvalue weighted by molar-refractivity contribution is 6.08. The van der Waals surface area contributed by atoms with Gasteiger partial charge in [-0.2, -0.15) is 9.78 Å². The Kier molecular flexibility index (Phi) is 7.63. The summed E-state index contributed by atoms with van der Waals surface area (Å²) >= 11 is 0. The molecule has 0 bridgehead atoms. The van der Waals surface area contributed by atoms with Gasteiger partial charge in [0.15, 0.2) is 11.6 Å². The van der Waals surface area contributed by atoms with E-state index in [-0.39, 0.29) is 17.8 Å². The second-order valence-electron chi connectivity index (χ2n) is 9.05. The molecule has 0 radical (unpaired) electrons. The van der Waals surface area contributed by atoms with Crippen molar-refractivity contribution in [2.24, 2.45) is 10.7 Å². The Morgan fingerprint density at radius 2 is 1.92 bits per heavy atom. The molecule has 2 heterocycles. The Labute approximate surface area is 212 Å². The molecule has 1 aromatic heterocycles. The van der Waals surface area contributed by atoms with Crippen LogP contribution in [0.2, 0.25) is 0 Å². The first-order valence-corrected chi connectivity index (χ1v) is 12.0. The number of carbonyl (C=O) groups excluding carboxylic acids is 1. The Bertz CT molecular complexity index is 1380. The van der Waals surface area contributed by atoms with Crippen molar-refractivity contribution in [1.82, 2.24) is 9.78 Å². The zero-order chi connectivity index (χ0) is 26.7. The molecule has 3 aromatic rings. The molecule has 0 unspecified atom stereocenters. The van der Waals surface area contributed by atoms with Gasteiger partial charge in [0.1, 0.15) is 11.4 Å². The second kappa shape index (κ2) is 10.9. The highest BCUT2D eigenvalue weighted by Crippen LogP contribution is 2.37. The molecule has 0 spiro atoms. The van der Waals surface area contributed by atoms with Gasteiger partial charge in [0, 0.05) is 48.7 Å². The van der Waals surface area contributed by atoms with Gasteiger partial charge in [-0.3, -0.25) is 14.6 Å². The zero-order valence-electron chi connectivity index (χ0n) is 20.6. The molecule has 1 aliphatic rings. The van der Waals surface area contributed by atoms with Crippen LogP contribution in [0, 0.1) is 11.6 Å². The highest BCUT2D eigenvalue weighted by atomic mass is 19.1. The molecular formula is C26H29F2N7O2. The minimum absolute atomic E-state index is 0.0263. The summed E-state index contributed by atoms with van der Waals surface area (Å²) in [7, 11) is 0. The summed E-state index contributed by atoms with van der Waals surface area (Å²) < 4.78 is 29.2. The normalized spacial score (nSPS) is 15.6. The van der Waals surface area contributed by atoms with Gasteiger partial charge in [0.2, 0.25) is 0 Å². The van der Waals surface area contributed by atoms with Crippen LogP contribution in [0.4, 0.5) is 25.8 Å². The van der Waals surface area contributed by atoms with E-state index in [1.165, 1.54) is 12.1 Å². The molecule has 1 amide bonds. The third-order valence-corrected chi connectivity index (χ3v) is 6.12. The second-order valence-corrected chi connectivity index (χ2v) is 9.05. The van der Waals surface area contributed by atoms with Crippen LogP contribution in [0.5, 0.6) is 0 Å². The number of anilines is 3. The van der Waals surface area contributed by atoms with E-state index in [1.54, 1.807) is 18.3 Å². The van der Waals surface area contributed by atoms with E-state index in [0.29, 0.717) is 40.4 Å². The molecule has 1 fully saturated rings. The number of rotatable bonds is 7. The molecule has 194 valence electrons. The van der Waals surface area contributed by atoms with Crippen LogP contribution < -0.4 is 27.2 Å². The number of halogens is 2. The fraction of sp³-hybridized carbons (Fsp3) is 0.308. The van der Waals surface area contributed by atoms with Crippen LogP contribution in [-0.2, 0) is 0 Å². The third kappa shape index (κ3) is 5.36. The molecule has 0 saturated carbocycles. The molecular weight excluding hydrogens is 480 g/mol. The maximum absolute atomic E-state index is 14.3. The van der Waals surface area contributed by atoms with E-state index in [9.17, 15) is 18.4 Å². The number of nitrogen functional groups attached to an aromatic ring is 1. The average molecular weight is 510 g/mol. The summed E-state index contributed by atoms with van der Waals surface area (Å²) in [6, 6.07) is 8.82. The number of amides is 1. The van der Waals surface area contributed by atoms with E-state index in [2.05, 4.69) is 20.3 Å². The van der Waals surface area contributed by atoms with E-state index < -0.39 is 28.8 Å². The van der Waals surface area contributed by atoms with Gasteiger partial charge in [0.05, 0.1) is 11.4 Å². The maximum atomic E-state index is 14.3. The number of benzene rings is 2. The Morgan fingerprint density at radius 1 is 1.19 bits per heavy atom. The SMILES string of the molecule is CC(C)N=Cc1c(N)ccc(NC(=O)c2ccc(=O)n(-c3c(F)cccc3F)n2)c1N1CCC[C@@H]1CN. The lowest BCUT2D eigenvalue weighted by molar-refractivity contribution is 0.102. The lowest BCUT2D eigenvalue weighted by Crippen LogP contribution is -2.37. The maximum Gasteiger partial charge on any atom is 0.276 e. The zero-order valence-corrected chi connectivity index (χ0v) is 20.6. The Morgan fingerprint density at radius 3 is 2.59 bits per heavy atom. The Balaban J connectivity index is 1.77. The van der Waals surface area contributed by atoms with Crippen molar-refractivity contribution in [3.63, 3.8) is 0 Å². The van der Waals surface area contributed by atoms with Crippen molar-refractivity contribution in [2.75, 3.05) is 29.0 Å². The molecule has 2 aromatic carbocycles. The summed E-state index contributed by atoms with van der Waals surface area (Å²) in [6.45, 7) is 5.02. The van der Waals surface area contributed by atoms with Gasteiger partial charge in [-0.15, -0.1) is 0 Å². The molecule has 4 rings (SSSR count). The predicted octanol–water partition coefficient (Wildman–Crippen LogP) is 3.10. The minimum atomic E-state index is -0.982.